The van der Waals surface area contributed by atoms with Gasteiger partial charge in [-0.1, -0.05) is 88.3 Å². The SMILES string of the molecule is CCCC=CC=CC=CCCC=CC=CC(=O)NCC(O)(CC)CCC. The second-order valence-corrected chi connectivity index (χ2v) is 6.44. The summed E-state index contributed by atoms with van der Waals surface area (Å²) in [7, 11) is 0. The molecular formula is C23H37NO2. The van der Waals surface area contributed by atoms with Gasteiger partial charge in [0, 0.05) is 12.6 Å². The molecule has 0 radical (unpaired) electrons. The first-order valence-corrected chi connectivity index (χ1v) is 9.89. The van der Waals surface area contributed by atoms with Gasteiger partial charge in [0.1, 0.15) is 0 Å². The van der Waals surface area contributed by atoms with Crippen molar-refractivity contribution in [3.8, 4) is 0 Å². The van der Waals surface area contributed by atoms with Crippen LogP contribution in [0, 0.1) is 0 Å². The van der Waals surface area contributed by atoms with Gasteiger partial charge >= 0.3 is 0 Å². The third-order valence-electron chi connectivity index (χ3n) is 4.02. The van der Waals surface area contributed by atoms with Gasteiger partial charge in [-0.15, -0.1) is 0 Å². The van der Waals surface area contributed by atoms with Crippen LogP contribution in [-0.2, 0) is 4.79 Å². The molecule has 0 fully saturated rings. The van der Waals surface area contributed by atoms with Crippen molar-refractivity contribution in [3.63, 3.8) is 0 Å². The van der Waals surface area contributed by atoms with Crippen molar-refractivity contribution in [1.29, 1.82) is 0 Å². The minimum absolute atomic E-state index is 0.168. The third kappa shape index (κ3) is 14.5. The molecule has 1 amide bonds. The number of nitrogens with one attached hydrogen (secondary N) is 1. The van der Waals surface area contributed by atoms with Gasteiger partial charge in [-0.05, 0) is 32.1 Å². The maximum atomic E-state index is 11.7. The number of carbonyl (C=O) groups is 1. The van der Waals surface area contributed by atoms with E-state index in [2.05, 4.69) is 36.5 Å². The minimum Gasteiger partial charge on any atom is -0.388 e. The van der Waals surface area contributed by atoms with E-state index in [4.69, 9.17) is 0 Å². The van der Waals surface area contributed by atoms with Crippen molar-refractivity contribution in [2.24, 2.45) is 0 Å². The van der Waals surface area contributed by atoms with Crippen LogP contribution in [0.15, 0.2) is 60.8 Å². The zero-order valence-electron chi connectivity index (χ0n) is 16.8. The predicted octanol–water partition coefficient (Wildman–Crippen LogP) is 5.41. The number of hydrogen-bond acceptors (Lipinski definition) is 2. The first-order chi connectivity index (χ1) is 12.6. The van der Waals surface area contributed by atoms with Crippen LogP contribution in [0.3, 0.4) is 0 Å². The zero-order chi connectivity index (χ0) is 19.5. The number of aliphatic hydroxyl groups is 1. The summed E-state index contributed by atoms with van der Waals surface area (Å²) in [6.07, 6.45) is 26.1. The fraction of sp³-hybridized carbons (Fsp3) is 0.522. The van der Waals surface area contributed by atoms with Crippen molar-refractivity contribution in [1.82, 2.24) is 5.32 Å². The normalized spacial score (nSPS) is 15.1. The Hall–Kier alpha value is -1.87. The molecule has 0 rings (SSSR count). The monoisotopic (exact) mass is 359 g/mol. The number of rotatable bonds is 14. The van der Waals surface area contributed by atoms with Crippen LogP contribution >= 0.6 is 0 Å². The second-order valence-electron chi connectivity index (χ2n) is 6.44. The predicted molar refractivity (Wildman–Crippen MR) is 113 cm³/mol. The third-order valence-corrected chi connectivity index (χ3v) is 4.02. The van der Waals surface area contributed by atoms with Crippen molar-refractivity contribution in [2.45, 2.75) is 71.3 Å². The number of carbonyl (C=O) groups excluding carboxylic acids is 1. The summed E-state index contributed by atoms with van der Waals surface area (Å²) in [6, 6.07) is 0. The highest BCUT2D eigenvalue weighted by molar-refractivity contribution is 5.87. The van der Waals surface area contributed by atoms with E-state index in [1.54, 1.807) is 6.08 Å². The lowest BCUT2D eigenvalue weighted by molar-refractivity contribution is -0.117. The van der Waals surface area contributed by atoms with Crippen LogP contribution in [0.5, 0.6) is 0 Å². The van der Waals surface area contributed by atoms with E-state index in [0.717, 1.165) is 25.7 Å². The molecule has 3 nitrogen and oxygen atoms in total. The first-order valence-electron chi connectivity index (χ1n) is 9.89. The van der Waals surface area contributed by atoms with Crippen molar-refractivity contribution < 1.29 is 9.90 Å². The number of hydrogen-bond donors (Lipinski definition) is 2. The molecule has 0 saturated carbocycles. The lowest BCUT2D eigenvalue weighted by atomic mass is 9.95. The van der Waals surface area contributed by atoms with Gasteiger partial charge in [0.05, 0.1) is 5.60 Å². The highest BCUT2D eigenvalue weighted by Gasteiger charge is 2.23. The Morgan fingerprint density at radius 1 is 0.846 bits per heavy atom. The lowest BCUT2D eigenvalue weighted by Crippen LogP contribution is -2.41. The van der Waals surface area contributed by atoms with Crippen LogP contribution in [0.4, 0.5) is 0 Å². The molecule has 0 aliphatic carbocycles. The maximum absolute atomic E-state index is 11.7. The standard InChI is InChI=1S/C23H37NO2/c1-4-7-8-9-10-11-12-13-14-15-16-17-18-19-22(25)24-21-23(26,6-3)20-5-2/h8-13,16-19,26H,4-7,14-15,20-21H2,1-3H3,(H,24,25). The van der Waals surface area contributed by atoms with Gasteiger partial charge in [0.2, 0.25) is 5.91 Å². The molecule has 1 unspecified atom stereocenters. The van der Waals surface area contributed by atoms with Crippen molar-refractivity contribution in [2.75, 3.05) is 6.54 Å². The van der Waals surface area contributed by atoms with Crippen molar-refractivity contribution in [3.05, 3.63) is 60.8 Å². The molecule has 146 valence electrons. The lowest BCUT2D eigenvalue weighted by Gasteiger charge is -2.26. The summed E-state index contributed by atoms with van der Waals surface area (Å²) in [5.41, 5.74) is -0.791. The molecule has 0 aliphatic rings. The summed E-state index contributed by atoms with van der Waals surface area (Å²) in [5, 5.41) is 13.1. The molecule has 3 heteroatoms. The molecular weight excluding hydrogens is 322 g/mol. The Kier molecular flexibility index (Phi) is 15.4. The minimum atomic E-state index is -0.791. The molecule has 0 heterocycles. The van der Waals surface area contributed by atoms with Gasteiger partial charge in [0.25, 0.3) is 0 Å². The summed E-state index contributed by atoms with van der Waals surface area (Å²) in [6.45, 7) is 6.44. The van der Waals surface area contributed by atoms with Crippen LogP contribution in [0.1, 0.15) is 65.7 Å². The molecule has 0 aromatic heterocycles. The largest absolute Gasteiger partial charge is 0.388 e. The van der Waals surface area contributed by atoms with Gasteiger partial charge in [-0.2, -0.15) is 0 Å². The molecule has 0 saturated heterocycles. The molecule has 0 aromatic carbocycles. The maximum Gasteiger partial charge on any atom is 0.244 e. The number of unbranched alkanes of at least 4 members (excludes halogenated alkanes) is 2. The fourth-order valence-corrected chi connectivity index (χ4v) is 2.32. The number of allylic oxidation sites excluding steroid dienone is 9. The molecule has 0 aromatic rings. The summed E-state index contributed by atoms with van der Waals surface area (Å²) in [5.74, 6) is -0.168. The Morgan fingerprint density at radius 2 is 1.42 bits per heavy atom. The van der Waals surface area contributed by atoms with Crippen LogP contribution in [-0.4, -0.2) is 23.2 Å². The van der Waals surface area contributed by atoms with E-state index < -0.39 is 5.60 Å². The number of amides is 1. The Labute approximate surface area is 160 Å². The van der Waals surface area contributed by atoms with E-state index in [9.17, 15) is 9.90 Å². The molecule has 0 aliphatic heterocycles. The average molecular weight is 360 g/mol. The van der Waals surface area contributed by atoms with Gasteiger partial charge in [-0.25, -0.2) is 0 Å². The highest BCUT2D eigenvalue weighted by atomic mass is 16.3. The van der Waals surface area contributed by atoms with Gasteiger partial charge in [-0.3, -0.25) is 4.79 Å². The molecule has 26 heavy (non-hydrogen) atoms. The molecule has 2 N–H and O–H groups in total. The van der Waals surface area contributed by atoms with E-state index >= 15 is 0 Å². The highest BCUT2D eigenvalue weighted by Crippen LogP contribution is 2.15. The van der Waals surface area contributed by atoms with E-state index in [1.807, 2.05) is 38.2 Å². The van der Waals surface area contributed by atoms with E-state index in [0.29, 0.717) is 19.4 Å². The quantitative estimate of drug-likeness (QED) is 0.248. The summed E-state index contributed by atoms with van der Waals surface area (Å²) in [4.78, 5) is 11.7. The fourth-order valence-electron chi connectivity index (χ4n) is 2.32. The topological polar surface area (TPSA) is 49.3 Å². The Bertz CT molecular complexity index is 500. The summed E-state index contributed by atoms with van der Waals surface area (Å²) < 4.78 is 0. The van der Waals surface area contributed by atoms with Gasteiger partial charge < -0.3 is 10.4 Å². The van der Waals surface area contributed by atoms with Crippen LogP contribution in [0.2, 0.25) is 0 Å². The molecule has 0 spiro atoms. The zero-order valence-corrected chi connectivity index (χ0v) is 16.8. The van der Waals surface area contributed by atoms with Gasteiger partial charge in [0.15, 0.2) is 0 Å². The molecule has 1 atom stereocenters. The van der Waals surface area contributed by atoms with E-state index in [-0.39, 0.29) is 5.91 Å². The average Bonchev–Trinajstić information content (AvgIpc) is 2.64. The van der Waals surface area contributed by atoms with E-state index in [1.165, 1.54) is 12.5 Å². The molecule has 0 bridgehead atoms. The van der Waals surface area contributed by atoms with Crippen LogP contribution < -0.4 is 5.32 Å². The van der Waals surface area contributed by atoms with Crippen LogP contribution in [0.25, 0.3) is 0 Å². The summed E-state index contributed by atoms with van der Waals surface area (Å²) >= 11 is 0. The first kappa shape index (κ1) is 24.1. The smallest absolute Gasteiger partial charge is 0.244 e. The Balaban J connectivity index is 3.91. The van der Waals surface area contributed by atoms with Crippen molar-refractivity contribution >= 4 is 5.91 Å². The Morgan fingerprint density at radius 3 is 1.96 bits per heavy atom. The second kappa shape index (κ2) is 16.6.